The Morgan fingerprint density at radius 1 is 0.903 bits per heavy atom. The highest BCUT2D eigenvalue weighted by molar-refractivity contribution is 5.99. The first-order valence-electron chi connectivity index (χ1n) is 10.3. The molecule has 5 aromatic rings. The third-order valence-corrected chi connectivity index (χ3v) is 5.89. The lowest BCUT2D eigenvalue weighted by molar-refractivity contribution is 0.312. The highest BCUT2D eigenvalue weighted by Crippen LogP contribution is 2.33. The van der Waals surface area contributed by atoms with E-state index in [9.17, 15) is 0 Å². The van der Waals surface area contributed by atoms with E-state index in [1.54, 1.807) is 18.6 Å². The minimum absolute atomic E-state index is 0.812. The number of likely N-dealkylation sites (N-methyl/N-ethyl adjacent to an activating group) is 1. The van der Waals surface area contributed by atoms with E-state index < -0.39 is 0 Å². The summed E-state index contributed by atoms with van der Waals surface area (Å²) in [4.78, 5) is 25.7. The number of pyridine rings is 2. The molecule has 31 heavy (non-hydrogen) atoms. The summed E-state index contributed by atoms with van der Waals surface area (Å²) in [5, 5.41) is 9.79. The van der Waals surface area contributed by atoms with Crippen LogP contribution in [0.15, 0.2) is 49.3 Å². The van der Waals surface area contributed by atoms with E-state index in [0.717, 1.165) is 76.4 Å². The molecule has 1 aliphatic rings. The van der Waals surface area contributed by atoms with E-state index in [-0.39, 0.29) is 0 Å². The zero-order valence-corrected chi connectivity index (χ0v) is 17.1. The van der Waals surface area contributed by atoms with Gasteiger partial charge in [0.25, 0.3) is 0 Å². The molecule has 5 aromatic heterocycles. The van der Waals surface area contributed by atoms with Crippen molar-refractivity contribution in [2.45, 2.75) is 0 Å². The first-order chi connectivity index (χ1) is 15.3. The largest absolute Gasteiger partial charge is 0.353 e. The number of aromatic amines is 2. The number of hydrogen-bond donors (Lipinski definition) is 2. The Hall–Kier alpha value is -3.85. The smallest absolute Gasteiger partial charge is 0.138 e. The van der Waals surface area contributed by atoms with Gasteiger partial charge < -0.3 is 14.8 Å². The lowest BCUT2D eigenvalue weighted by atomic mass is 10.1. The van der Waals surface area contributed by atoms with Crippen molar-refractivity contribution in [2.75, 3.05) is 38.1 Å². The molecular weight excluding hydrogens is 390 g/mol. The van der Waals surface area contributed by atoms with Gasteiger partial charge in [0.05, 0.1) is 28.6 Å². The summed E-state index contributed by atoms with van der Waals surface area (Å²) in [7, 11) is 2.16. The normalized spacial score (nSPS) is 15.2. The average Bonchev–Trinajstić information content (AvgIpc) is 3.43. The Balaban J connectivity index is 1.44. The Kier molecular flexibility index (Phi) is 4.13. The molecule has 0 unspecified atom stereocenters. The van der Waals surface area contributed by atoms with Crippen LogP contribution >= 0.6 is 0 Å². The summed E-state index contributed by atoms with van der Waals surface area (Å²) in [6.07, 6.45) is 8.71. The Morgan fingerprint density at radius 2 is 1.74 bits per heavy atom. The third-order valence-electron chi connectivity index (χ3n) is 5.89. The number of piperazine rings is 1. The van der Waals surface area contributed by atoms with Crippen molar-refractivity contribution < 1.29 is 0 Å². The fourth-order valence-electron chi connectivity index (χ4n) is 4.15. The molecule has 2 N–H and O–H groups in total. The average molecular weight is 411 g/mol. The second-order valence-corrected chi connectivity index (χ2v) is 7.88. The fourth-order valence-corrected chi connectivity index (χ4v) is 4.15. The molecule has 0 bridgehead atoms. The summed E-state index contributed by atoms with van der Waals surface area (Å²) < 4.78 is 0. The molecule has 9 nitrogen and oxygen atoms in total. The number of H-pyrrole nitrogens is 2. The van der Waals surface area contributed by atoms with Gasteiger partial charge in [-0.2, -0.15) is 5.10 Å². The van der Waals surface area contributed by atoms with Gasteiger partial charge in [-0.25, -0.2) is 15.0 Å². The van der Waals surface area contributed by atoms with E-state index in [4.69, 9.17) is 4.98 Å². The minimum atomic E-state index is 0.812. The van der Waals surface area contributed by atoms with Crippen LogP contribution in [-0.4, -0.2) is 73.2 Å². The molecule has 1 aliphatic heterocycles. The highest BCUT2D eigenvalue weighted by atomic mass is 15.3. The summed E-state index contributed by atoms with van der Waals surface area (Å²) in [5.41, 5.74) is 5.43. The van der Waals surface area contributed by atoms with Crippen LogP contribution < -0.4 is 4.90 Å². The molecule has 6 rings (SSSR count). The van der Waals surface area contributed by atoms with Crippen molar-refractivity contribution in [2.24, 2.45) is 0 Å². The Labute approximate surface area is 178 Å². The fraction of sp³-hybridized carbons (Fsp3) is 0.227. The molecule has 0 aromatic carbocycles. The van der Waals surface area contributed by atoms with E-state index in [1.807, 2.05) is 18.3 Å². The van der Waals surface area contributed by atoms with Gasteiger partial charge in [-0.05, 0) is 25.2 Å². The summed E-state index contributed by atoms with van der Waals surface area (Å²) >= 11 is 0. The van der Waals surface area contributed by atoms with E-state index in [0.29, 0.717) is 0 Å². The van der Waals surface area contributed by atoms with Crippen LogP contribution in [0.4, 0.5) is 5.82 Å². The number of nitrogens with one attached hydrogen (secondary N) is 2. The van der Waals surface area contributed by atoms with Gasteiger partial charge in [0, 0.05) is 61.1 Å². The number of nitrogens with zero attached hydrogens (tertiary/aromatic N) is 7. The molecule has 0 spiro atoms. The van der Waals surface area contributed by atoms with Crippen molar-refractivity contribution >= 4 is 27.6 Å². The zero-order chi connectivity index (χ0) is 20.8. The van der Waals surface area contributed by atoms with E-state index >= 15 is 0 Å². The van der Waals surface area contributed by atoms with Crippen LogP contribution in [0.3, 0.4) is 0 Å². The maximum absolute atomic E-state index is 4.70. The second-order valence-electron chi connectivity index (χ2n) is 7.88. The number of aromatic nitrogens is 7. The van der Waals surface area contributed by atoms with Crippen molar-refractivity contribution in [3.8, 4) is 22.6 Å². The van der Waals surface area contributed by atoms with Crippen molar-refractivity contribution in [1.82, 2.24) is 40.0 Å². The third kappa shape index (κ3) is 3.10. The van der Waals surface area contributed by atoms with Crippen LogP contribution in [0, 0.1) is 0 Å². The molecule has 0 saturated carbocycles. The van der Waals surface area contributed by atoms with Gasteiger partial charge in [-0.15, -0.1) is 0 Å². The summed E-state index contributed by atoms with van der Waals surface area (Å²) in [5.74, 6) is 1.02. The van der Waals surface area contributed by atoms with Crippen molar-refractivity contribution in [3.63, 3.8) is 0 Å². The monoisotopic (exact) mass is 411 g/mol. The minimum Gasteiger partial charge on any atom is -0.353 e. The quantitative estimate of drug-likeness (QED) is 0.471. The topological polar surface area (TPSA) is 103 Å². The van der Waals surface area contributed by atoms with Crippen LogP contribution in [-0.2, 0) is 0 Å². The number of fused-ring (bicyclic) bond motifs is 2. The van der Waals surface area contributed by atoms with Crippen LogP contribution in [0.5, 0.6) is 0 Å². The molecular formula is C22H21N9. The molecule has 1 saturated heterocycles. The number of anilines is 1. The first-order valence-corrected chi connectivity index (χ1v) is 10.3. The van der Waals surface area contributed by atoms with Gasteiger partial charge in [-0.1, -0.05) is 0 Å². The lowest BCUT2D eigenvalue weighted by Crippen LogP contribution is -2.44. The highest BCUT2D eigenvalue weighted by Gasteiger charge is 2.20. The lowest BCUT2D eigenvalue weighted by Gasteiger charge is -2.33. The maximum Gasteiger partial charge on any atom is 0.138 e. The van der Waals surface area contributed by atoms with Gasteiger partial charge in [0.15, 0.2) is 0 Å². The Morgan fingerprint density at radius 3 is 2.58 bits per heavy atom. The van der Waals surface area contributed by atoms with Crippen LogP contribution in [0.25, 0.3) is 44.5 Å². The molecule has 9 heteroatoms. The maximum atomic E-state index is 4.70. The molecule has 154 valence electrons. The predicted octanol–water partition coefficient (Wildman–Crippen LogP) is 2.71. The van der Waals surface area contributed by atoms with Gasteiger partial charge in [-0.3, -0.25) is 10.1 Å². The first kappa shape index (κ1) is 18.0. The molecule has 0 aliphatic carbocycles. The van der Waals surface area contributed by atoms with Crippen LogP contribution in [0.1, 0.15) is 0 Å². The second kappa shape index (κ2) is 7.13. The van der Waals surface area contributed by atoms with E-state index in [1.165, 1.54) is 6.33 Å². The van der Waals surface area contributed by atoms with E-state index in [2.05, 4.69) is 53.0 Å². The molecule has 6 heterocycles. The van der Waals surface area contributed by atoms with Crippen molar-refractivity contribution in [1.29, 1.82) is 0 Å². The summed E-state index contributed by atoms with van der Waals surface area (Å²) in [6, 6.07) is 6.19. The zero-order valence-electron chi connectivity index (χ0n) is 17.1. The molecule has 1 fully saturated rings. The van der Waals surface area contributed by atoms with Crippen molar-refractivity contribution in [3.05, 3.63) is 49.3 Å². The van der Waals surface area contributed by atoms with Gasteiger partial charge in [0.2, 0.25) is 0 Å². The number of hydrogen-bond acceptors (Lipinski definition) is 7. The molecule has 0 amide bonds. The van der Waals surface area contributed by atoms with Crippen LogP contribution in [0.2, 0.25) is 0 Å². The standard InChI is InChI=1S/C22H21N9/c1-30-4-6-31(7-5-30)22-16-9-19(27-17(16)2-3-25-22)21-15-8-18(14-10-23-13-24-11-14)26-12-20(15)28-29-21/h2-3,8-13,27H,4-7H2,1H3,(H,28,29). The van der Waals surface area contributed by atoms with Gasteiger partial charge in [0.1, 0.15) is 17.8 Å². The number of rotatable bonds is 3. The van der Waals surface area contributed by atoms with Gasteiger partial charge >= 0.3 is 0 Å². The molecule has 0 radical (unpaired) electrons. The predicted molar refractivity (Wildman–Crippen MR) is 120 cm³/mol. The SMILES string of the molecule is CN1CCN(c2nccc3[nH]c(-c4n[nH]c5cnc(-c6cncnc6)cc45)cc23)CC1. The molecule has 0 atom stereocenters. The summed E-state index contributed by atoms with van der Waals surface area (Å²) in [6.45, 7) is 4.03. The Bertz CT molecular complexity index is 1360.